The molecule has 0 aliphatic heterocycles. The van der Waals surface area contributed by atoms with Crippen molar-refractivity contribution in [2.45, 2.75) is 6.92 Å². The van der Waals surface area contributed by atoms with Crippen LogP contribution in [0.2, 0.25) is 0 Å². The van der Waals surface area contributed by atoms with Crippen LogP contribution in [0.15, 0.2) is 17.3 Å². The molecule has 9 nitrogen and oxygen atoms in total. The lowest BCUT2D eigenvalue weighted by molar-refractivity contribution is -0.138. The first-order chi connectivity index (χ1) is 7.18. The molecule has 0 radical (unpaired) electrons. The largest absolute Gasteiger partial charge is 0.466 e. The molecule has 0 saturated heterocycles. The Morgan fingerprint density at radius 3 is 2.31 bits per heavy atom. The summed E-state index contributed by atoms with van der Waals surface area (Å²) in [5.41, 5.74) is 8.18. The molecule has 10 heteroatoms. The third kappa shape index (κ3) is 22.9. The Morgan fingerprint density at radius 1 is 1.56 bits per heavy atom. The average Bonchev–Trinajstić information content (AvgIpc) is 2.09. The van der Waals surface area contributed by atoms with Gasteiger partial charge in [0.2, 0.25) is 0 Å². The minimum Gasteiger partial charge on any atom is -0.462 e. The van der Waals surface area contributed by atoms with E-state index in [-0.39, 0.29) is 13.2 Å². The monoisotopic (exact) mass is 253 g/mol. The first kappa shape index (κ1) is 17.0. The second-order valence-electron chi connectivity index (χ2n) is 2.38. The first-order valence-corrected chi connectivity index (χ1v) is 5.36. The van der Waals surface area contributed by atoms with E-state index in [0.29, 0.717) is 5.57 Å². The molecule has 0 aromatic carbocycles. The van der Waals surface area contributed by atoms with E-state index in [1.165, 1.54) is 0 Å². The molecule has 3 N–H and O–H groups in total. The van der Waals surface area contributed by atoms with Gasteiger partial charge in [-0.3, -0.25) is 0 Å². The van der Waals surface area contributed by atoms with Gasteiger partial charge in [0.1, 0.15) is 0 Å². The van der Waals surface area contributed by atoms with Gasteiger partial charge in [0, 0.05) is 10.5 Å². The van der Waals surface area contributed by atoms with Gasteiger partial charge in [0.25, 0.3) is 0 Å². The molecule has 0 aliphatic carbocycles. The lowest BCUT2D eigenvalue weighted by atomic mass is 10.4. The number of azide groups is 1. The van der Waals surface area contributed by atoms with Gasteiger partial charge in [-0.25, -0.2) is 9.36 Å². The fourth-order valence-corrected chi connectivity index (χ4v) is 0.347. The van der Waals surface area contributed by atoms with Crippen molar-refractivity contribution >= 4 is 13.8 Å². The molecule has 0 bridgehead atoms. The highest BCUT2D eigenvalue weighted by molar-refractivity contribution is 7.45. The molecule has 0 unspecified atom stereocenters. The molecule has 0 fully saturated rings. The van der Waals surface area contributed by atoms with Crippen LogP contribution in [0.25, 0.3) is 10.4 Å². The molecular weight excluding hydrogens is 241 g/mol. The number of ether oxygens (including phenoxy) is 1. The summed E-state index contributed by atoms with van der Waals surface area (Å²) in [4.78, 5) is 34.7. The zero-order valence-corrected chi connectivity index (χ0v) is 9.37. The molecule has 0 aromatic rings. The van der Waals surface area contributed by atoms with Crippen LogP contribution in [0.3, 0.4) is 0 Å². The molecule has 0 heterocycles. The smallest absolute Gasteiger partial charge is 0.462 e. The van der Waals surface area contributed by atoms with E-state index >= 15 is 0 Å². The molecular formula is C6H12N3O6P. The maximum atomic E-state index is 10.6. The summed E-state index contributed by atoms with van der Waals surface area (Å²) in [5.74, 6) is -0.460. The van der Waals surface area contributed by atoms with E-state index in [2.05, 4.69) is 21.3 Å². The average molecular weight is 253 g/mol. The number of rotatable bonds is 4. The van der Waals surface area contributed by atoms with Gasteiger partial charge in [0.15, 0.2) is 0 Å². The van der Waals surface area contributed by atoms with Crippen molar-refractivity contribution in [3.63, 3.8) is 0 Å². The summed E-state index contributed by atoms with van der Waals surface area (Å²) in [6, 6.07) is 0. The zero-order valence-electron chi connectivity index (χ0n) is 8.48. The summed E-state index contributed by atoms with van der Waals surface area (Å²) >= 11 is 0. The molecule has 0 saturated carbocycles. The first-order valence-electron chi connectivity index (χ1n) is 3.80. The van der Waals surface area contributed by atoms with Crippen molar-refractivity contribution < 1.29 is 28.8 Å². The standard InChI is InChI=1S/C6H9N3O2.H3O4P/c1-5(2)6(10)11-4-3-8-9-7;1-5(2,3)4/h1,3-4H2,2H3;(H3,1,2,3,4). The third-order valence-electron chi connectivity index (χ3n) is 0.836. The zero-order chi connectivity index (χ0) is 13.2. The SMILES string of the molecule is C=C(C)C(=O)OCCN=[N+]=[N-].O=P(O)(O)O. The minimum atomic E-state index is -4.64. The van der Waals surface area contributed by atoms with Crippen molar-refractivity contribution in [1.82, 2.24) is 0 Å². The fraction of sp³-hybridized carbons (Fsp3) is 0.500. The summed E-state index contributed by atoms with van der Waals surface area (Å²) in [5, 5.41) is 3.18. The van der Waals surface area contributed by atoms with Gasteiger partial charge < -0.3 is 19.4 Å². The second-order valence-corrected chi connectivity index (χ2v) is 3.41. The molecule has 92 valence electrons. The van der Waals surface area contributed by atoms with E-state index in [1.54, 1.807) is 6.92 Å². The third-order valence-corrected chi connectivity index (χ3v) is 0.836. The summed E-state index contributed by atoms with van der Waals surface area (Å²) < 4.78 is 13.5. The molecule has 0 rings (SSSR count). The van der Waals surface area contributed by atoms with Crippen molar-refractivity contribution in [2.24, 2.45) is 5.11 Å². The van der Waals surface area contributed by atoms with E-state index in [9.17, 15) is 4.79 Å². The molecule has 0 amide bonds. The maximum Gasteiger partial charge on any atom is 0.466 e. The maximum absolute atomic E-state index is 10.6. The topological polar surface area (TPSA) is 153 Å². The highest BCUT2D eigenvalue weighted by Crippen LogP contribution is 2.25. The molecule has 0 atom stereocenters. The normalized spacial score (nSPS) is 9.25. The van der Waals surface area contributed by atoms with Gasteiger partial charge in [0.05, 0.1) is 13.2 Å². The molecule has 0 aliphatic rings. The van der Waals surface area contributed by atoms with Crippen LogP contribution >= 0.6 is 7.82 Å². The summed E-state index contributed by atoms with van der Waals surface area (Å²) in [7, 11) is -4.64. The summed E-state index contributed by atoms with van der Waals surface area (Å²) in [6.45, 7) is 5.20. The Kier molecular flexibility index (Phi) is 9.48. The van der Waals surface area contributed by atoms with Crippen LogP contribution in [0.1, 0.15) is 6.92 Å². The van der Waals surface area contributed by atoms with E-state index in [4.69, 9.17) is 24.8 Å². The number of esters is 1. The molecule has 0 aromatic heterocycles. The van der Waals surface area contributed by atoms with Gasteiger partial charge in [-0.1, -0.05) is 11.7 Å². The minimum absolute atomic E-state index is 0.107. The van der Waals surface area contributed by atoms with Crippen molar-refractivity contribution in [3.05, 3.63) is 22.6 Å². The number of phosphoric acid groups is 1. The molecule has 16 heavy (non-hydrogen) atoms. The lowest BCUT2D eigenvalue weighted by Crippen LogP contribution is -2.07. The Hall–Kier alpha value is -1.37. The number of hydrogen-bond donors (Lipinski definition) is 3. The predicted molar refractivity (Wildman–Crippen MR) is 54.0 cm³/mol. The highest BCUT2D eigenvalue weighted by atomic mass is 31.2. The summed E-state index contributed by atoms with van der Waals surface area (Å²) in [6.07, 6.45) is 0. The molecule has 0 spiro atoms. The predicted octanol–water partition coefficient (Wildman–Crippen LogP) is 0.487. The lowest BCUT2D eigenvalue weighted by Gasteiger charge is -1.99. The quantitative estimate of drug-likeness (QED) is 0.126. The second kappa shape index (κ2) is 8.90. The van der Waals surface area contributed by atoms with E-state index in [0.717, 1.165) is 0 Å². The van der Waals surface area contributed by atoms with Crippen molar-refractivity contribution in [3.8, 4) is 0 Å². The van der Waals surface area contributed by atoms with Gasteiger partial charge in [-0.05, 0) is 12.5 Å². The van der Waals surface area contributed by atoms with Crippen LogP contribution in [-0.4, -0.2) is 33.8 Å². The van der Waals surface area contributed by atoms with Crippen molar-refractivity contribution in [1.29, 1.82) is 0 Å². The Balaban J connectivity index is 0. The number of nitrogens with zero attached hydrogens (tertiary/aromatic N) is 3. The van der Waals surface area contributed by atoms with Crippen LogP contribution in [0.4, 0.5) is 0 Å². The van der Waals surface area contributed by atoms with Crippen molar-refractivity contribution in [2.75, 3.05) is 13.2 Å². The van der Waals surface area contributed by atoms with Crippen LogP contribution in [0, 0.1) is 0 Å². The number of carbonyl (C=O) groups is 1. The fourth-order valence-electron chi connectivity index (χ4n) is 0.347. The number of hydrogen-bond acceptors (Lipinski definition) is 4. The van der Waals surface area contributed by atoms with Crippen LogP contribution < -0.4 is 0 Å². The Labute approximate surface area is 91.2 Å². The van der Waals surface area contributed by atoms with Crippen LogP contribution in [-0.2, 0) is 14.1 Å². The van der Waals surface area contributed by atoms with Crippen LogP contribution in [0.5, 0.6) is 0 Å². The Morgan fingerprint density at radius 2 is 2.00 bits per heavy atom. The van der Waals surface area contributed by atoms with Gasteiger partial charge >= 0.3 is 13.8 Å². The Bertz CT molecular complexity index is 323. The van der Waals surface area contributed by atoms with E-state index < -0.39 is 13.8 Å². The van der Waals surface area contributed by atoms with Gasteiger partial charge in [-0.2, -0.15) is 0 Å². The van der Waals surface area contributed by atoms with Gasteiger partial charge in [-0.15, -0.1) is 0 Å². The highest BCUT2D eigenvalue weighted by Gasteiger charge is 2.00. The number of carbonyl (C=O) groups excluding carboxylic acids is 1. The van der Waals surface area contributed by atoms with E-state index in [1.807, 2.05) is 0 Å².